The number of imide groups is 1. The van der Waals surface area contributed by atoms with Crippen molar-refractivity contribution in [1.29, 1.82) is 0 Å². The van der Waals surface area contributed by atoms with Crippen LogP contribution in [0.25, 0.3) is 0 Å². The largest absolute Gasteiger partial charge is 0.348 e. The molecule has 0 aliphatic carbocycles. The van der Waals surface area contributed by atoms with Gasteiger partial charge in [0, 0.05) is 0 Å². The quantitative estimate of drug-likeness (QED) is 0.485. The average Bonchev–Trinajstić information content (AvgIpc) is 2.26. The fourth-order valence-electron chi connectivity index (χ4n) is 1.29. The van der Waals surface area contributed by atoms with E-state index in [2.05, 4.69) is 0 Å². The molecule has 3 atom stereocenters. The van der Waals surface area contributed by atoms with Crippen LogP contribution in [0.3, 0.4) is 0 Å². The van der Waals surface area contributed by atoms with Gasteiger partial charge in [0.25, 0.3) is 0 Å². The molecule has 0 fully saturated rings. The predicted octanol–water partition coefficient (Wildman–Crippen LogP) is -0.804. The SMILES string of the molecule is CC(C)[C@H](N)C(=O)N(C(=O)[C@H](C)N)[C@@H](C)P(=O)(O)O. The van der Waals surface area contributed by atoms with Crippen LogP contribution < -0.4 is 11.5 Å². The molecular formula is C10H22N3O5P. The van der Waals surface area contributed by atoms with Gasteiger partial charge in [0.05, 0.1) is 12.1 Å². The maximum Gasteiger partial charge on any atom is 0.348 e. The smallest absolute Gasteiger partial charge is 0.323 e. The van der Waals surface area contributed by atoms with E-state index in [4.69, 9.17) is 21.3 Å². The number of nitrogens with zero attached hydrogens (tertiary/aromatic N) is 1. The van der Waals surface area contributed by atoms with Gasteiger partial charge < -0.3 is 21.3 Å². The van der Waals surface area contributed by atoms with Crippen molar-refractivity contribution in [3.63, 3.8) is 0 Å². The van der Waals surface area contributed by atoms with E-state index in [1.807, 2.05) is 0 Å². The lowest BCUT2D eigenvalue weighted by Gasteiger charge is -2.31. The molecule has 0 saturated carbocycles. The van der Waals surface area contributed by atoms with Gasteiger partial charge in [0.15, 0.2) is 0 Å². The van der Waals surface area contributed by atoms with Crippen molar-refractivity contribution in [2.45, 2.75) is 45.6 Å². The molecular weight excluding hydrogens is 273 g/mol. The molecule has 0 saturated heterocycles. The highest BCUT2D eigenvalue weighted by molar-refractivity contribution is 7.52. The van der Waals surface area contributed by atoms with Crippen molar-refractivity contribution in [2.24, 2.45) is 17.4 Å². The Morgan fingerprint density at radius 2 is 1.47 bits per heavy atom. The van der Waals surface area contributed by atoms with Crippen molar-refractivity contribution in [3.05, 3.63) is 0 Å². The molecule has 0 aliphatic rings. The molecule has 0 rings (SSSR count). The molecule has 2 amide bonds. The Hall–Kier alpha value is -0.790. The molecule has 0 spiro atoms. The average molecular weight is 295 g/mol. The second-order valence-electron chi connectivity index (χ2n) is 4.83. The van der Waals surface area contributed by atoms with Crippen molar-refractivity contribution in [3.8, 4) is 0 Å². The Labute approximate surface area is 112 Å². The second kappa shape index (κ2) is 6.58. The summed E-state index contributed by atoms with van der Waals surface area (Å²) in [6, 6.07) is -2.09. The Kier molecular flexibility index (Phi) is 6.31. The number of rotatable bonds is 5. The highest BCUT2D eigenvalue weighted by Crippen LogP contribution is 2.43. The monoisotopic (exact) mass is 295 g/mol. The summed E-state index contributed by atoms with van der Waals surface area (Å²) in [6.07, 6.45) is 0. The third-order valence-corrected chi connectivity index (χ3v) is 3.93. The molecule has 0 aromatic heterocycles. The van der Waals surface area contributed by atoms with Crippen LogP contribution in [0.5, 0.6) is 0 Å². The molecule has 0 bridgehead atoms. The van der Waals surface area contributed by atoms with Crippen LogP contribution in [0.2, 0.25) is 0 Å². The zero-order chi connectivity index (χ0) is 15.5. The maximum atomic E-state index is 12.1. The third kappa shape index (κ3) is 4.67. The third-order valence-electron chi connectivity index (χ3n) is 2.73. The predicted molar refractivity (Wildman–Crippen MR) is 69.8 cm³/mol. The normalized spacial score (nSPS) is 16.9. The van der Waals surface area contributed by atoms with E-state index in [0.29, 0.717) is 4.90 Å². The van der Waals surface area contributed by atoms with Crippen LogP contribution in [-0.4, -0.2) is 44.4 Å². The molecule has 0 unspecified atom stereocenters. The van der Waals surface area contributed by atoms with E-state index in [-0.39, 0.29) is 5.92 Å². The highest BCUT2D eigenvalue weighted by atomic mass is 31.2. The van der Waals surface area contributed by atoms with Gasteiger partial charge in [-0.3, -0.25) is 19.1 Å². The Bertz CT molecular complexity index is 393. The summed E-state index contributed by atoms with van der Waals surface area (Å²) in [4.78, 5) is 42.7. The number of carbonyl (C=O) groups excluding carboxylic acids is 2. The minimum absolute atomic E-state index is 0.278. The minimum atomic E-state index is -4.66. The Balaban J connectivity index is 5.48. The fourth-order valence-corrected chi connectivity index (χ4v) is 1.82. The lowest BCUT2D eigenvalue weighted by atomic mass is 10.0. The Morgan fingerprint density at radius 1 is 1.05 bits per heavy atom. The number of amides is 2. The zero-order valence-corrected chi connectivity index (χ0v) is 12.4. The van der Waals surface area contributed by atoms with Crippen LogP contribution in [-0.2, 0) is 14.2 Å². The van der Waals surface area contributed by atoms with Gasteiger partial charge in [-0.15, -0.1) is 0 Å². The zero-order valence-electron chi connectivity index (χ0n) is 11.5. The molecule has 0 aliphatic heterocycles. The molecule has 0 aromatic rings. The molecule has 0 aromatic carbocycles. The van der Waals surface area contributed by atoms with Crippen LogP contribution in [0, 0.1) is 5.92 Å². The van der Waals surface area contributed by atoms with Gasteiger partial charge in [-0.2, -0.15) is 0 Å². The summed E-state index contributed by atoms with van der Waals surface area (Å²) in [5.41, 5.74) is 11.0. The summed E-state index contributed by atoms with van der Waals surface area (Å²) in [5.74, 6) is -3.58. The van der Waals surface area contributed by atoms with E-state index in [1.54, 1.807) is 13.8 Å². The van der Waals surface area contributed by atoms with Gasteiger partial charge >= 0.3 is 7.60 Å². The standard InChI is InChI=1S/C10H22N3O5P/c1-5(2)8(12)10(15)13(9(14)6(3)11)7(4)19(16,17)18/h5-8H,11-12H2,1-4H3,(H2,16,17,18)/t6-,7+,8-/m0/s1. The number of hydrogen-bond acceptors (Lipinski definition) is 5. The first kappa shape index (κ1) is 18.2. The van der Waals surface area contributed by atoms with E-state index < -0.39 is 37.3 Å². The second-order valence-corrected chi connectivity index (χ2v) is 6.75. The van der Waals surface area contributed by atoms with E-state index in [1.165, 1.54) is 6.92 Å². The molecule has 0 heterocycles. The summed E-state index contributed by atoms with van der Waals surface area (Å²) in [5, 5.41) is 0. The van der Waals surface area contributed by atoms with Crippen molar-refractivity contribution in [2.75, 3.05) is 0 Å². The van der Waals surface area contributed by atoms with Gasteiger partial charge in [0.1, 0.15) is 5.78 Å². The van der Waals surface area contributed by atoms with Gasteiger partial charge in [-0.25, -0.2) is 0 Å². The van der Waals surface area contributed by atoms with Crippen LogP contribution in [0.4, 0.5) is 0 Å². The van der Waals surface area contributed by atoms with E-state index in [9.17, 15) is 14.2 Å². The fraction of sp³-hybridized carbons (Fsp3) is 0.800. The first-order valence-electron chi connectivity index (χ1n) is 5.84. The molecule has 0 radical (unpaired) electrons. The van der Waals surface area contributed by atoms with Gasteiger partial charge in [-0.1, -0.05) is 13.8 Å². The molecule has 112 valence electrons. The lowest BCUT2D eigenvalue weighted by Crippen LogP contribution is -2.55. The van der Waals surface area contributed by atoms with Crippen molar-refractivity contribution < 1.29 is 23.9 Å². The molecule has 9 heteroatoms. The minimum Gasteiger partial charge on any atom is -0.323 e. The van der Waals surface area contributed by atoms with Crippen LogP contribution >= 0.6 is 7.60 Å². The molecule has 8 nitrogen and oxygen atoms in total. The van der Waals surface area contributed by atoms with Crippen LogP contribution in [0.1, 0.15) is 27.7 Å². The van der Waals surface area contributed by atoms with E-state index >= 15 is 0 Å². The summed E-state index contributed by atoms with van der Waals surface area (Å²) in [6.45, 7) is 5.75. The first-order valence-corrected chi connectivity index (χ1v) is 7.52. The molecule has 19 heavy (non-hydrogen) atoms. The summed E-state index contributed by atoms with van der Waals surface area (Å²) >= 11 is 0. The number of hydrogen-bond donors (Lipinski definition) is 4. The lowest BCUT2D eigenvalue weighted by molar-refractivity contribution is -0.148. The number of nitrogens with two attached hydrogens (primary N) is 2. The van der Waals surface area contributed by atoms with Gasteiger partial charge in [0.2, 0.25) is 11.8 Å². The highest BCUT2D eigenvalue weighted by Gasteiger charge is 2.40. The van der Waals surface area contributed by atoms with Crippen molar-refractivity contribution >= 4 is 19.4 Å². The van der Waals surface area contributed by atoms with Crippen LogP contribution in [0.15, 0.2) is 0 Å². The van der Waals surface area contributed by atoms with Gasteiger partial charge in [-0.05, 0) is 19.8 Å². The Morgan fingerprint density at radius 3 is 1.74 bits per heavy atom. The number of carbonyl (C=O) groups is 2. The summed E-state index contributed by atoms with van der Waals surface area (Å²) < 4.78 is 11.3. The topological polar surface area (TPSA) is 147 Å². The maximum absolute atomic E-state index is 12.1. The van der Waals surface area contributed by atoms with Crippen molar-refractivity contribution in [1.82, 2.24) is 4.90 Å². The molecule has 6 N–H and O–H groups in total. The van der Waals surface area contributed by atoms with E-state index in [0.717, 1.165) is 6.92 Å². The first-order chi connectivity index (χ1) is 8.41. The summed E-state index contributed by atoms with van der Waals surface area (Å²) in [7, 11) is -4.66.